The molecule has 0 unspecified atom stereocenters. The van der Waals surface area contributed by atoms with E-state index < -0.39 is 195 Å². The molecule has 0 fully saturated rings. The molecule has 0 saturated carbocycles. The van der Waals surface area contributed by atoms with Gasteiger partial charge in [0.25, 0.3) is 0 Å². The van der Waals surface area contributed by atoms with Crippen LogP contribution in [0.15, 0.2) is 288 Å². The van der Waals surface area contributed by atoms with Crippen molar-refractivity contribution in [3.05, 3.63) is 389 Å². The molecule has 0 bridgehead atoms. The van der Waals surface area contributed by atoms with Gasteiger partial charge in [-0.05, 0) is 127 Å². The second-order valence-electron chi connectivity index (χ2n) is 34.4. The number of sulfone groups is 3. The van der Waals surface area contributed by atoms with Gasteiger partial charge in [0.1, 0.15) is 34.7 Å². The zero-order chi connectivity index (χ0) is 103. The monoisotopic (exact) mass is 2120 g/mol. The van der Waals surface area contributed by atoms with Crippen LogP contribution in [0.2, 0.25) is 15.1 Å². The van der Waals surface area contributed by atoms with Gasteiger partial charge in [-0.25, -0.2) is 43.0 Å². The molecule has 0 aliphatic rings. The first-order valence-electron chi connectivity index (χ1n) is 45.1. The number of alkyl halides is 9. The molecule has 0 aliphatic carbocycles. The maximum Gasteiger partial charge on any atom is 0.481 e. The van der Waals surface area contributed by atoms with Gasteiger partial charge in [-0.15, -0.1) is 0 Å². The molecule has 0 N–H and O–H groups in total. The topological polar surface area (TPSA) is 212 Å². The summed E-state index contributed by atoms with van der Waals surface area (Å²) in [6.45, 7) is -1.15. The van der Waals surface area contributed by atoms with Gasteiger partial charge in [-0.2, -0.15) is 39.5 Å². The van der Waals surface area contributed by atoms with Crippen molar-refractivity contribution in [3.8, 4) is 17.2 Å². The predicted octanol–water partition coefficient (Wildman–Crippen LogP) is 25.8. The molecule has 0 heterocycles. The van der Waals surface area contributed by atoms with Gasteiger partial charge in [-0.3, -0.25) is 28.3 Å². The first kappa shape index (κ1) is 112. The minimum atomic E-state index is -5.31. The summed E-state index contributed by atoms with van der Waals surface area (Å²) >= 11 is 19.5. The van der Waals surface area contributed by atoms with E-state index in [-0.39, 0.29) is 130 Å². The lowest BCUT2D eigenvalue weighted by Crippen LogP contribution is -2.37. The molecule has 38 heteroatoms. The first-order chi connectivity index (χ1) is 67.8. The Balaban J connectivity index is 0.752. The van der Waals surface area contributed by atoms with E-state index in [4.69, 9.17) is 76.8 Å². The minimum absolute atomic E-state index is 0.0660. The Labute approximate surface area is 839 Å². The third-order valence-electron chi connectivity index (χ3n) is 24.2. The molecule has 143 heavy (non-hydrogen) atoms. The van der Waals surface area contributed by atoms with Crippen molar-refractivity contribution in [2.45, 2.75) is 149 Å². The van der Waals surface area contributed by atoms with Crippen LogP contribution in [0.3, 0.4) is 0 Å². The van der Waals surface area contributed by atoms with E-state index >= 15 is 13.2 Å². The number of rotatable bonds is 51. The van der Waals surface area contributed by atoms with Crippen molar-refractivity contribution in [1.82, 2.24) is 14.7 Å². The molecule has 0 amide bonds. The molecule has 0 aromatic heterocycles. The Morgan fingerprint density at radius 1 is 0.322 bits per heavy atom. The molecule has 12 aromatic carbocycles. The number of halogens is 15. The minimum Gasteiger partial charge on any atom is -0.493 e. The van der Waals surface area contributed by atoms with E-state index in [1.54, 1.807) is 0 Å². The van der Waals surface area contributed by atoms with Crippen molar-refractivity contribution >= 4 is 72.1 Å². The number of hydrogen-bond acceptors (Lipinski definition) is 19. The van der Waals surface area contributed by atoms with Crippen molar-refractivity contribution in [1.29, 1.82) is 0 Å². The lowest BCUT2D eigenvalue weighted by molar-refractivity contribution is -0.138. The zero-order valence-electron chi connectivity index (χ0n) is 78.4. The SMILES string of the molecule is C[C@H](CCOc1cc(F)c(COCOP(=O)(OCOCc2c(F)cc(OCC[C@@H](C)N(Cc3cccc(C(F)(F)F)c3Cl)CC(c3ccccc3)c3ccccc3)cc2S(C)(=O)=O)OCOCc2c(F)cc(OCC[C@@H](C)N(Cc3cccc(C(F)(F)F)c3Cl)CC(c3ccccc3)c3ccccc3)cc2S(C)(=O)=O)c(S(C)(=O)=O)c1)N(Cc1cccc(C(F)(F)F)c1Cl)CC(c1ccccc1)c1ccccc1. The van der Waals surface area contributed by atoms with Crippen LogP contribution in [-0.2, 0) is 120 Å². The fourth-order valence-corrected chi connectivity index (χ4v) is 21.0. The van der Waals surface area contributed by atoms with E-state index in [9.17, 15) is 69.3 Å². The quantitative estimate of drug-likeness (QED) is 0.0150. The summed E-state index contributed by atoms with van der Waals surface area (Å²) in [5.41, 5.74) is 1.07. The molecular formula is C105H105Cl3F12N3O16PS3. The molecule has 12 rings (SSSR count). The number of ether oxygens (including phenoxy) is 6. The molecule has 19 nitrogen and oxygen atoms in total. The summed E-state index contributed by atoms with van der Waals surface area (Å²) in [5, 5.41) is -1.46. The highest BCUT2D eigenvalue weighted by molar-refractivity contribution is 7.91. The number of phosphoric ester groups is 1. The Bertz CT molecular complexity index is 5910. The summed E-state index contributed by atoms with van der Waals surface area (Å²) in [4.78, 5) is 3.84. The molecule has 0 radical (unpaired) electrons. The van der Waals surface area contributed by atoms with Gasteiger partial charge < -0.3 is 28.4 Å². The lowest BCUT2D eigenvalue weighted by Gasteiger charge is -2.34. The fourth-order valence-electron chi connectivity index (χ4n) is 16.5. The van der Waals surface area contributed by atoms with Crippen LogP contribution in [-0.4, -0.2) is 137 Å². The average Bonchev–Trinajstić information content (AvgIpc) is 0.806. The summed E-state index contributed by atoms with van der Waals surface area (Å²) in [5.74, 6) is -5.35. The van der Waals surface area contributed by atoms with Gasteiger partial charge in [0.15, 0.2) is 49.9 Å². The normalized spacial score (nSPS) is 13.3. The van der Waals surface area contributed by atoms with Crippen molar-refractivity contribution in [2.75, 3.05) is 78.6 Å². The summed E-state index contributed by atoms with van der Waals surface area (Å²) in [6, 6.07) is 71.6. The van der Waals surface area contributed by atoms with Crippen LogP contribution in [0, 0.1) is 17.5 Å². The third-order valence-corrected chi connectivity index (χ3v) is 30.3. The average molecular weight is 2130 g/mol. The van der Waals surface area contributed by atoms with Crippen molar-refractivity contribution in [2.24, 2.45) is 0 Å². The second kappa shape index (κ2) is 50.3. The Morgan fingerprint density at radius 3 is 0.741 bits per heavy atom. The number of hydrogen-bond donors (Lipinski definition) is 0. The number of nitrogens with zero attached hydrogens (tertiary/aromatic N) is 3. The van der Waals surface area contributed by atoms with Gasteiger partial charge in [0.2, 0.25) is 0 Å². The van der Waals surface area contributed by atoms with E-state index in [0.717, 1.165) is 107 Å². The Morgan fingerprint density at radius 2 is 0.538 bits per heavy atom. The predicted molar refractivity (Wildman–Crippen MR) is 522 cm³/mol. The highest BCUT2D eigenvalue weighted by Crippen LogP contribution is 2.50. The fraction of sp³-hybridized carbons (Fsp3) is 0.314. The van der Waals surface area contributed by atoms with Crippen LogP contribution in [0.1, 0.15) is 141 Å². The van der Waals surface area contributed by atoms with Crippen molar-refractivity contribution < 1.29 is 124 Å². The Hall–Kier alpha value is -10.2. The molecule has 0 saturated heterocycles. The number of phosphoric acid groups is 1. The van der Waals surface area contributed by atoms with Gasteiger partial charge >= 0.3 is 26.4 Å². The molecule has 3 atom stereocenters. The van der Waals surface area contributed by atoms with E-state index in [2.05, 4.69) is 0 Å². The lowest BCUT2D eigenvalue weighted by atomic mass is 9.90. The Kier molecular flexibility index (Phi) is 39.2. The molecule has 12 aromatic rings. The van der Waals surface area contributed by atoms with Gasteiger partial charge in [0.05, 0.1) is 86.1 Å². The van der Waals surface area contributed by atoms with Crippen LogP contribution in [0.4, 0.5) is 52.7 Å². The van der Waals surface area contributed by atoms with Crippen LogP contribution in [0.25, 0.3) is 0 Å². The third kappa shape index (κ3) is 31.4. The molecule has 0 aliphatic heterocycles. The van der Waals surface area contributed by atoms with E-state index in [0.29, 0.717) is 0 Å². The zero-order valence-corrected chi connectivity index (χ0v) is 84.0. The first-order valence-corrected chi connectivity index (χ1v) is 53.4. The standard InChI is InChI=1S/C105H105Cl3F12N3O16PS3/c1-70(121(58-79-40-25-43-91(100(79)106)103(112,113)114)61-85(73-28-13-7-14-29-73)74-30-15-8-16-31-74)46-49-134-82-52-94(109)88(97(55-82)141(4,125)126)64-131-67-137-140(124,138-68-132-65-89-95(110)53-83(56-98(89)142(5,127)128)135-50-47-71(2)122(59-80-41-26-44-92(101(80)107)104(115,116)117)62-86(75-32-17-9-18-33-75)76-34-19-10-20-35-76)139-69-133-66-90-96(111)54-84(57-99(90)143(6,129)130)136-51-48-72(3)123(60-81-42-27-45-93(102(81)108)105(118,119)120)63-87(77-36-21-11-22-37-77)78-38-23-12-24-39-78/h7-45,52-57,70-72,85-87H,46-51,58-69H2,1-6H3/t70-,71-,72-/m1/s1. The van der Waals surface area contributed by atoms with E-state index in [1.807, 2.05) is 217 Å². The second-order valence-corrected chi connectivity index (χ2v) is 43.1. The summed E-state index contributed by atoms with van der Waals surface area (Å²) in [6.07, 6.45) is -11.6. The van der Waals surface area contributed by atoms with Crippen LogP contribution >= 0.6 is 42.6 Å². The molecule has 764 valence electrons. The van der Waals surface area contributed by atoms with Crippen LogP contribution < -0.4 is 14.2 Å². The van der Waals surface area contributed by atoms with Crippen LogP contribution in [0.5, 0.6) is 17.2 Å². The molecular weight excluding hydrogens is 2020 g/mol. The van der Waals surface area contributed by atoms with Gasteiger partial charge in [0, 0.05) is 129 Å². The molecule has 0 spiro atoms. The maximum absolute atomic E-state index is 16.7. The highest BCUT2D eigenvalue weighted by atomic mass is 35.5. The smallest absolute Gasteiger partial charge is 0.481 e. The highest BCUT2D eigenvalue weighted by Gasteiger charge is 2.40. The van der Waals surface area contributed by atoms with Gasteiger partial charge in [-0.1, -0.05) is 253 Å². The van der Waals surface area contributed by atoms with Crippen molar-refractivity contribution in [3.63, 3.8) is 0 Å². The van der Waals surface area contributed by atoms with E-state index in [1.165, 1.54) is 36.4 Å². The number of benzene rings is 12. The maximum atomic E-state index is 16.7. The largest absolute Gasteiger partial charge is 0.493 e. The summed E-state index contributed by atoms with van der Waals surface area (Å²) < 4.78 is 326. The summed E-state index contributed by atoms with van der Waals surface area (Å²) in [7, 11) is -18.5.